The highest BCUT2D eigenvalue weighted by Crippen LogP contribution is 2.20. The number of hydrogen-bond donors (Lipinski definition) is 2. The second-order valence-electron chi connectivity index (χ2n) is 4.05. The SMILES string of the molecule is CC.C\C=C/C=C\C=C\c1csc(/N=C/c2ccc(N(O)O)o2)n1. The summed E-state index contributed by atoms with van der Waals surface area (Å²) in [5.74, 6) is 0.307. The van der Waals surface area contributed by atoms with E-state index >= 15 is 0 Å². The molecule has 0 saturated heterocycles. The first-order valence-electron chi connectivity index (χ1n) is 7.42. The van der Waals surface area contributed by atoms with Gasteiger partial charge in [-0.2, -0.15) is 0 Å². The van der Waals surface area contributed by atoms with Crippen LogP contribution in [0.4, 0.5) is 11.0 Å². The molecular formula is C17H21N3O3S. The van der Waals surface area contributed by atoms with Gasteiger partial charge >= 0.3 is 0 Å². The van der Waals surface area contributed by atoms with E-state index < -0.39 is 0 Å². The molecule has 2 rings (SSSR count). The van der Waals surface area contributed by atoms with Crippen molar-refractivity contribution >= 4 is 34.6 Å². The lowest BCUT2D eigenvalue weighted by Gasteiger charge is -2.00. The van der Waals surface area contributed by atoms with Crippen LogP contribution in [0.2, 0.25) is 0 Å². The summed E-state index contributed by atoms with van der Waals surface area (Å²) in [6.45, 7) is 5.96. The number of hydrogen-bond acceptors (Lipinski definition) is 7. The van der Waals surface area contributed by atoms with Gasteiger partial charge in [0.1, 0.15) is 5.76 Å². The molecule has 0 atom stereocenters. The van der Waals surface area contributed by atoms with Crippen molar-refractivity contribution in [2.75, 3.05) is 5.23 Å². The third-order valence-corrected chi connectivity index (χ3v) is 3.18. The van der Waals surface area contributed by atoms with E-state index in [0.717, 1.165) is 5.69 Å². The van der Waals surface area contributed by atoms with Crippen LogP contribution in [0.1, 0.15) is 32.2 Å². The van der Waals surface area contributed by atoms with Crippen LogP contribution in [0.15, 0.2) is 57.3 Å². The van der Waals surface area contributed by atoms with Crippen LogP contribution in [0.3, 0.4) is 0 Å². The van der Waals surface area contributed by atoms with Crippen LogP contribution < -0.4 is 5.23 Å². The first kappa shape index (κ1) is 19.6. The molecule has 2 aromatic rings. The second kappa shape index (κ2) is 11.1. The molecule has 2 aromatic heterocycles. The Labute approximate surface area is 145 Å². The van der Waals surface area contributed by atoms with Gasteiger partial charge in [0.15, 0.2) is 0 Å². The number of anilines is 1. The maximum absolute atomic E-state index is 8.79. The zero-order chi connectivity index (χ0) is 17.8. The number of nitrogens with zero attached hydrogens (tertiary/aromatic N) is 3. The summed E-state index contributed by atoms with van der Waals surface area (Å²) >= 11 is 1.40. The average Bonchev–Trinajstić information content (AvgIpc) is 3.24. The van der Waals surface area contributed by atoms with Crippen molar-refractivity contribution in [1.82, 2.24) is 4.98 Å². The lowest BCUT2D eigenvalue weighted by molar-refractivity contribution is 0.0174. The molecule has 0 spiro atoms. The number of allylic oxidation sites excluding steroid dienone is 5. The monoisotopic (exact) mass is 347 g/mol. The zero-order valence-corrected chi connectivity index (χ0v) is 14.6. The Morgan fingerprint density at radius 1 is 1.17 bits per heavy atom. The highest BCUT2D eigenvalue weighted by atomic mass is 32.1. The molecule has 24 heavy (non-hydrogen) atoms. The lowest BCUT2D eigenvalue weighted by Crippen LogP contribution is -2.09. The highest BCUT2D eigenvalue weighted by molar-refractivity contribution is 7.13. The Balaban J connectivity index is 0.00000139. The van der Waals surface area contributed by atoms with Crippen molar-refractivity contribution < 1.29 is 14.8 Å². The molecule has 0 aliphatic heterocycles. The Kier molecular flexibility index (Phi) is 9.06. The molecule has 0 bridgehead atoms. The minimum atomic E-state index is -0.0924. The van der Waals surface area contributed by atoms with Gasteiger partial charge in [0, 0.05) is 11.4 Å². The molecule has 0 aliphatic rings. The molecule has 0 unspecified atom stereocenters. The minimum Gasteiger partial charge on any atom is -0.435 e. The predicted molar refractivity (Wildman–Crippen MR) is 98.5 cm³/mol. The molecule has 2 N–H and O–H groups in total. The fourth-order valence-corrected chi connectivity index (χ4v) is 2.07. The fourth-order valence-electron chi connectivity index (χ4n) is 1.44. The van der Waals surface area contributed by atoms with Crippen LogP contribution in [0.5, 0.6) is 0 Å². The second-order valence-corrected chi connectivity index (χ2v) is 4.88. The normalized spacial score (nSPS) is 11.7. The third-order valence-electron chi connectivity index (χ3n) is 2.41. The van der Waals surface area contributed by atoms with Crippen molar-refractivity contribution in [1.29, 1.82) is 0 Å². The minimum absolute atomic E-state index is 0.0860. The predicted octanol–water partition coefficient (Wildman–Crippen LogP) is 5.24. The Hall–Kier alpha value is -2.48. The van der Waals surface area contributed by atoms with Crippen LogP contribution >= 0.6 is 11.3 Å². The molecule has 0 radical (unpaired) electrons. The van der Waals surface area contributed by atoms with Crippen molar-refractivity contribution in [2.45, 2.75) is 20.8 Å². The van der Waals surface area contributed by atoms with Crippen LogP contribution in [-0.4, -0.2) is 21.6 Å². The molecule has 2 heterocycles. The largest absolute Gasteiger partial charge is 0.435 e. The molecule has 0 saturated carbocycles. The van der Waals surface area contributed by atoms with Crippen molar-refractivity contribution in [2.24, 2.45) is 4.99 Å². The summed E-state index contributed by atoms with van der Waals surface area (Å²) in [7, 11) is 0. The molecule has 0 aliphatic carbocycles. The maximum atomic E-state index is 8.79. The number of aromatic nitrogens is 1. The summed E-state index contributed by atoms with van der Waals surface area (Å²) < 4.78 is 5.10. The summed E-state index contributed by atoms with van der Waals surface area (Å²) in [6.07, 6.45) is 13.0. The highest BCUT2D eigenvalue weighted by Gasteiger charge is 2.04. The topological polar surface area (TPSA) is 82.1 Å². The Bertz CT molecular complexity index is 712. The van der Waals surface area contributed by atoms with E-state index in [-0.39, 0.29) is 11.1 Å². The summed E-state index contributed by atoms with van der Waals surface area (Å²) in [4.78, 5) is 8.49. The molecule has 128 valence electrons. The van der Waals surface area contributed by atoms with E-state index in [1.807, 2.05) is 62.6 Å². The molecule has 0 amide bonds. The van der Waals surface area contributed by atoms with Gasteiger partial charge in [0.05, 0.1) is 11.9 Å². The summed E-state index contributed by atoms with van der Waals surface area (Å²) in [5, 5.41) is 20.0. The molecule has 7 heteroatoms. The first-order chi connectivity index (χ1) is 11.7. The van der Waals surface area contributed by atoms with Crippen LogP contribution in [0, 0.1) is 0 Å². The van der Waals surface area contributed by atoms with E-state index in [4.69, 9.17) is 14.8 Å². The molecule has 6 nitrogen and oxygen atoms in total. The number of thiazole rings is 1. The van der Waals surface area contributed by atoms with Gasteiger partial charge < -0.3 is 4.42 Å². The van der Waals surface area contributed by atoms with Crippen LogP contribution in [0.25, 0.3) is 6.08 Å². The summed E-state index contributed by atoms with van der Waals surface area (Å²) in [6, 6.07) is 2.98. The van der Waals surface area contributed by atoms with Gasteiger partial charge in [-0.05, 0) is 19.1 Å². The average molecular weight is 347 g/mol. The third kappa shape index (κ3) is 6.74. The first-order valence-corrected chi connectivity index (χ1v) is 8.30. The number of aliphatic imine (C=N–C) groups is 1. The quantitative estimate of drug-likeness (QED) is 0.424. The fraction of sp³-hybridized carbons (Fsp3) is 0.176. The Morgan fingerprint density at radius 3 is 2.58 bits per heavy atom. The standard InChI is InChI=1S/C15H15N3O3S.C2H6/c1-2-3-4-5-6-7-12-11-22-15(17-12)16-10-13-8-9-14(21-13)18(19)20;1-2/h2-11,19-20H,1H3;1-2H3/b3-2-,5-4-,7-6+,16-10+;. The van der Waals surface area contributed by atoms with E-state index in [2.05, 4.69) is 9.98 Å². The molecule has 0 fully saturated rings. The van der Waals surface area contributed by atoms with E-state index in [1.165, 1.54) is 23.6 Å². The zero-order valence-electron chi connectivity index (χ0n) is 13.8. The molecular weight excluding hydrogens is 326 g/mol. The van der Waals surface area contributed by atoms with Crippen molar-refractivity contribution in [3.63, 3.8) is 0 Å². The Morgan fingerprint density at radius 2 is 1.92 bits per heavy atom. The number of rotatable bonds is 6. The van der Waals surface area contributed by atoms with Crippen molar-refractivity contribution in [3.8, 4) is 0 Å². The van der Waals surface area contributed by atoms with Crippen molar-refractivity contribution in [3.05, 3.63) is 59.3 Å². The summed E-state index contributed by atoms with van der Waals surface area (Å²) in [5.41, 5.74) is 0.819. The maximum Gasteiger partial charge on any atom is 0.247 e. The van der Waals surface area contributed by atoms with E-state index in [9.17, 15) is 0 Å². The van der Waals surface area contributed by atoms with E-state index in [1.54, 1.807) is 6.07 Å². The van der Waals surface area contributed by atoms with Gasteiger partial charge in [-0.25, -0.2) is 9.98 Å². The smallest absolute Gasteiger partial charge is 0.247 e. The van der Waals surface area contributed by atoms with Gasteiger partial charge in [0.25, 0.3) is 0 Å². The number of furan rings is 1. The molecule has 0 aromatic carbocycles. The van der Waals surface area contributed by atoms with Crippen LogP contribution in [-0.2, 0) is 0 Å². The van der Waals surface area contributed by atoms with Gasteiger partial charge in [-0.15, -0.1) is 11.3 Å². The lowest BCUT2D eigenvalue weighted by atomic mass is 10.4. The van der Waals surface area contributed by atoms with E-state index in [0.29, 0.717) is 10.9 Å². The van der Waals surface area contributed by atoms with Gasteiger partial charge in [-0.3, -0.25) is 10.4 Å². The van der Waals surface area contributed by atoms with Gasteiger partial charge in [-0.1, -0.05) is 49.5 Å². The van der Waals surface area contributed by atoms with Gasteiger partial charge in [0.2, 0.25) is 11.0 Å².